The van der Waals surface area contributed by atoms with Crippen LogP contribution in [0.1, 0.15) is 17.7 Å². The summed E-state index contributed by atoms with van der Waals surface area (Å²) in [5, 5.41) is 12.9. The molecule has 6 heteroatoms. The van der Waals surface area contributed by atoms with Crippen molar-refractivity contribution in [1.29, 1.82) is 5.26 Å². The third-order valence-electron chi connectivity index (χ3n) is 2.44. The number of nitriles is 1. The quantitative estimate of drug-likeness (QED) is 0.885. The van der Waals surface area contributed by atoms with Gasteiger partial charge in [-0.25, -0.2) is 4.98 Å². The summed E-state index contributed by atoms with van der Waals surface area (Å²) in [6.45, 7) is 0. The van der Waals surface area contributed by atoms with Gasteiger partial charge in [-0.2, -0.15) is 5.26 Å². The van der Waals surface area contributed by atoms with Crippen molar-refractivity contribution >= 4 is 28.1 Å². The molecule has 0 saturated heterocycles. The lowest BCUT2D eigenvalue weighted by Gasteiger charge is -2.34. The Kier molecular flexibility index (Phi) is 3.10. The molecule has 1 saturated carbocycles. The number of aromatic nitrogens is 1. The molecule has 0 unspecified atom stereocenters. The summed E-state index contributed by atoms with van der Waals surface area (Å²) in [7, 11) is 1.72. The van der Waals surface area contributed by atoms with Gasteiger partial charge in [0, 0.05) is 13.2 Å². The second-order valence-corrected chi connectivity index (χ2v) is 4.78. The van der Waals surface area contributed by atoms with Crippen LogP contribution < -0.4 is 5.32 Å². The Morgan fingerprint density at radius 3 is 2.93 bits per heavy atom. The van der Waals surface area contributed by atoms with Gasteiger partial charge in [-0.3, -0.25) is 0 Å². The fraction of sp³-hybridized carbons (Fsp3) is 0.556. The Balaban J connectivity index is 1.92. The van der Waals surface area contributed by atoms with E-state index in [4.69, 9.17) is 21.6 Å². The molecule has 0 bridgehead atoms. The second kappa shape index (κ2) is 4.35. The monoisotopic (exact) mass is 243 g/mol. The minimum absolute atomic E-state index is 0.285. The van der Waals surface area contributed by atoms with Crippen molar-refractivity contribution in [1.82, 2.24) is 4.98 Å². The van der Waals surface area contributed by atoms with Gasteiger partial charge in [-0.05, 0) is 12.8 Å². The number of anilines is 1. The Morgan fingerprint density at radius 1 is 1.67 bits per heavy atom. The van der Waals surface area contributed by atoms with Gasteiger partial charge in [0.25, 0.3) is 0 Å². The number of ether oxygens (including phenoxy) is 1. The molecule has 1 heterocycles. The van der Waals surface area contributed by atoms with E-state index in [1.54, 1.807) is 7.11 Å². The van der Waals surface area contributed by atoms with Gasteiger partial charge in [0.15, 0.2) is 10.3 Å². The minimum atomic E-state index is 0.285. The molecule has 0 atom stereocenters. The van der Waals surface area contributed by atoms with Gasteiger partial charge in [0.05, 0.1) is 6.10 Å². The molecule has 1 N–H and O–H groups in total. The Labute approximate surface area is 96.8 Å². The van der Waals surface area contributed by atoms with E-state index < -0.39 is 0 Å². The van der Waals surface area contributed by atoms with E-state index in [1.807, 2.05) is 6.07 Å². The highest BCUT2D eigenvalue weighted by Gasteiger charge is 2.29. The van der Waals surface area contributed by atoms with Crippen molar-refractivity contribution in [2.75, 3.05) is 12.4 Å². The number of methoxy groups -OCH3 is 1. The molecule has 0 radical (unpaired) electrons. The fourth-order valence-electron chi connectivity index (χ4n) is 1.48. The van der Waals surface area contributed by atoms with E-state index in [1.165, 1.54) is 11.3 Å². The van der Waals surface area contributed by atoms with Crippen LogP contribution in [-0.2, 0) is 4.74 Å². The number of hydrogen-bond donors (Lipinski definition) is 1. The molecule has 1 aliphatic carbocycles. The number of hydrogen-bond acceptors (Lipinski definition) is 5. The summed E-state index contributed by atoms with van der Waals surface area (Å²) in [4.78, 5) is 4.52. The van der Waals surface area contributed by atoms with E-state index in [2.05, 4.69) is 10.3 Å². The first-order chi connectivity index (χ1) is 7.22. The fourth-order valence-corrected chi connectivity index (χ4v) is 2.51. The lowest BCUT2D eigenvalue weighted by molar-refractivity contribution is 0.0329. The molecule has 2 rings (SSSR count). The van der Waals surface area contributed by atoms with Crippen molar-refractivity contribution in [2.24, 2.45) is 0 Å². The molecule has 1 aromatic heterocycles. The molecule has 1 aromatic rings. The van der Waals surface area contributed by atoms with Gasteiger partial charge >= 0.3 is 0 Å². The van der Waals surface area contributed by atoms with Gasteiger partial charge in [-0.1, -0.05) is 22.9 Å². The molecule has 4 nitrogen and oxygen atoms in total. The van der Waals surface area contributed by atoms with Crippen LogP contribution in [0.4, 0.5) is 5.13 Å². The highest BCUT2D eigenvalue weighted by Crippen LogP contribution is 2.31. The standard InChI is InChI=1S/C9H10ClN3OS/c1-14-6-2-5(3-6)12-9-13-8(10)7(4-11)15-9/h5-6H,2-3H2,1H3,(H,12,13). The van der Waals surface area contributed by atoms with Crippen LogP contribution in [0.25, 0.3) is 0 Å². The van der Waals surface area contributed by atoms with E-state index >= 15 is 0 Å². The zero-order valence-corrected chi connectivity index (χ0v) is 9.73. The Bertz CT molecular complexity index is 395. The Morgan fingerprint density at radius 2 is 2.40 bits per heavy atom. The zero-order valence-electron chi connectivity index (χ0n) is 8.16. The Hall–Kier alpha value is -0.830. The third-order valence-corrected chi connectivity index (χ3v) is 3.72. The first kappa shape index (κ1) is 10.7. The predicted molar refractivity (Wildman–Crippen MR) is 59.3 cm³/mol. The molecule has 0 amide bonds. The normalized spacial score (nSPS) is 24.3. The zero-order chi connectivity index (χ0) is 10.8. The largest absolute Gasteiger partial charge is 0.381 e. The van der Waals surface area contributed by atoms with Crippen LogP contribution in [0.2, 0.25) is 5.15 Å². The van der Waals surface area contributed by atoms with E-state index in [9.17, 15) is 0 Å². The minimum Gasteiger partial charge on any atom is -0.381 e. The first-order valence-corrected chi connectivity index (χ1v) is 5.78. The maximum Gasteiger partial charge on any atom is 0.185 e. The number of nitrogens with zero attached hydrogens (tertiary/aromatic N) is 2. The molecule has 1 aliphatic rings. The summed E-state index contributed by atoms with van der Waals surface area (Å²) in [6.07, 6.45) is 2.32. The average Bonchev–Trinajstić information content (AvgIpc) is 2.51. The highest BCUT2D eigenvalue weighted by atomic mass is 35.5. The maximum atomic E-state index is 8.71. The SMILES string of the molecule is COC1CC(Nc2nc(Cl)c(C#N)s2)C1. The van der Waals surface area contributed by atoms with Crippen LogP contribution >= 0.6 is 22.9 Å². The van der Waals surface area contributed by atoms with Crippen LogP contribution in [0, 0.1) is 11.3 Å². The van der Waals surface area contributed by atoms with Crippen molar-refractivity contribution in [2.45, 2.75) is 25.0 Å². The molecule has 15 heavy (non-hydrogen) atoms. The lowest BCUT2D eigenvalue weighted by atomic mass is 9.89. The number of thiazole rings is 1. The van der Waals surface area contributed by atoms with Crippen molar-refractivity contribution < 1.29 is 4.74 Å². The van der Waals surface area contributed by atoms with Crippen molar-refractivity contribution in [3.05, 3.63) is 10.0 Å². The number of rotatable bonds is 3. The molecule has 0 spiro atoms. The second-order valence-electron chi connectivity index (χ2n) is 3.42. The van der Waals surface area contributed by atoms with Crippen molar-refractivity contribution in [3.8, 4) is 6.07 Å². The summed E-state index contributed by atoms with van der Waals surface area (Å²) < 4.78 is 5.17. The summed E-state index contributed by atoms with van der Waals surface area (Å²) >= 11 is 7.05. The summed E-state index contributed by atoms with van der Waals surface area (Å²) in [6, 6.07) is 2.40. The molecule has 0 aromatic carbocycles. The first-order valence-electron chi connectivity index (χ1n) is 4.58. The summed E-state index contributed by atoms with van der Waals surface area (Å²) in [5.41, 5.74) is 0. The van der Waals surface area contributed by atoms with Crippen LogP contribution in [0.3, 0.4) is 0 Å². The topological polar surface area (TPSA) is 57.9 Å². The van der Waals surface area contributed by atoms with E-state index in [-0.39, 0.29) is 5.15 Å². The van der Waals surface area contributed by atoms with Gasteiger partial charge in [0.2, 0.25) is 0 Å². The molecule has 80 valence electrons. The lowest BCUT2D eigenvalue weighted by Crippen LogP contribution is -2.40. The van der Waals surface area contributed by atoms with Gasteiger partial charge < -0.3 is 10.1 Å². The highest BCUT2D eigenvalue weighted by molar-refractivity contribution is 7.16. The van der Waals surface area contributed by atoms with Gasteiger partial charge in [-0.15, -0.1) is 0 Å². The third kappa shape index (κ3) is 2.23. The van der Waals surface area contributed by atoms with E-state index in [0.717, 1.165) is 18.0 Å². The average molecular weight is 244 g/mol. The van der Waals surface area contributed by atoms with Crippen LogP contribution in [-0.4, -0.2) is 24.2 Å². The smallest absolute Gasteiger partial charge is 0.185 e. The summed E-state index contributed by atoms with van der Waals surface area (Å²) in [5.74, 6) is 0. The molecular formula is C9H10ClN3OS. The van der Waals surface area contributed by atoms with Gasteiger partial charge in [0.1, 0.15) is 10.9 Å². The molecule has 0 aliphatic heterocycles. The molecular weight excluding hydrogens is 234 g/mol. The maximum absolute atomic E-state index is 8.71. The number of halogens is 1. The predicted octanol–water partition coefficient (Wildman–Crippen LogP) is 2.26. The number of nitrogens with one attached hydrogen (secondary N) is 1. The molecule has 1 fully saturated rings. The van der Waals surface area contributed by atoms with Crippen molar-refractivity contribution in [3.63, 3.8) is 0 Å². The van der Waals surface area contributed by atoms with E-state index in [0.29, 0.717) is 17.0 Å². The van der Waals surface area contributed by atoms with Crippen LogP contribution in [0.5, 0.6) is 0 Å². The van der Waals surface area contributed by atoms with Crippen LogP contribution in [0.15, 0.2) is 0 Å².